The van der Waals surface area contributed by atoms with Crippen molar-refractivity contribution >= 4 is 9.84 Å². The van der Waals surface area contributed by atoms with Gasteiger partial charge in [-0.15, -0.1) is 0 Å². The molecule has 0 aliphatic heterocycles. The summed E-state index contributed by atoms with van der Waals surface area (Å²) in [5.41, 5.74) is 0. The second-order valence-electron chi connectivity index (χ2n) is 2.69. The maximum atomic E-state index is 11.2. The fourth-order valence-corrected chi connectivity index (χ4v) is 1.82. The van der Waals surface area contributed by atoms with Crippen LogP contribution in [-0.2, 0) is 24.0 Å². The van der Waals surface area contributed by atoms with Gasteiger partial charge in [0.05, 0.1) is 0 Å². The Balaban J connectivity index is 4.96. The fraction of sp³-hybridized carbons (Fsp3) is 1.00. The first kappa shape index (κ1) is 12.8. The summed E-state index contributed by atoms with van der Waals surface area (Å²) in [4.78, 5) is 0. The Morgan fingerprint density at radius 3 is 1.46 bits per heavy atom. The number of hydrogen-bond donors (Lipinski definition) is 0. The number of sulfone groups is 1. The van der Waals surface area contributed by atoms with Crippen molar-refractivity contribution in [1.29, 1.82) is 0 Å². The van der Waals surface area contributed by atoms with E-state index in [2.05, 4.69) is 0 Å². The molecule has 0 aromatic heterocycles. The van der Waals surface area contributed by atoms with Crippen LogP contribution < -0.4 is 0 Å². The second kappa shape index (κ2) is 4.36. The normalized spacial score (nSPS) is 15.8. The molecule has 0 amide bonds. The molecular weight excluding hydrogens is 196 g/mol. The summed E-state index contributed by atoms with van der Waals surface area (Å²) in [5.74, 6) is -1.52. The number of methoxy groups -OCH3 is 3. The first-order chi connectivity index (χ1) is 5.84. The van der Waals surface area contributed by atoms with Gasteiger partial charge >= 0.3 is 0 Å². The molecule has 13 heavy (non-hydrogen) atoms. The van der Waals surface area contributed by atoms with Crippen molar-refractivity contribution in [2.75, 3.05) is 27.6 Å². The monoisotopic (exact) mass is 212 g/mol. The van der Waals surface area contributed by atoms with E-state index in [0.717, 1.165) is 6.26 Å². The van der Waals surface area contributed by atoms with E-state index in [1.165, 1.54) is 28.3 Å². The molecule has 0 aromatic carbocycles. The van der Waals surface area contributed by atoms with E-state index >= 15 is 0 Å². The Bertz CT molecular complexity index is 233. The second-order valence-corrected chi connectivity index (χ2v) is 5.05. The molecule has 6 heteroatoms. The number of ether oxygens (including phenoxy) is 3. The molecule has 5 nitrogen and oxygen atoms in total. The van der Waals surface area contributed by atoms with Crippen molar-refractivity contribution in [2.45, 2.75) is 18.1 Å². The first-order valence-electron chi connectivity index (χ1n) is 3.68. The molecule has 0 rings (SSSR count). The molecule has 0 aliphatic carbocycles. The van der Waals surface area contributed by atoms with Crippen molar-refractivity contribution in [1.82, 2.24) is 0 Å². The minimum atomic E-state index is -3.27. The number of hydrogen-bond acceptors (Lipinski definition) is 5. The van der Waals surface area contributed by atoms with Crippen LogP contribution in [0.4, 0.5) is 0 Å². The summed E-state index contributed by atoms with van der Waals surface area (Å²) in [6, 6.07) is 0. The van der Waals surface area contributed by atoms with Crippen molar-refractivity contribution in [2.24, 2.45) is 0 Å². The molecule has 1 atom stereocenters. The molecule has 0 saturated heterocycles. The molecule has 1 unspecified atom stereocenters. The van der Waals surface area contributed by atoms with Gasteiger partial charge < -0.3 is 14.2 Å². The SMILES string of the molecule is COC(OC)(OC)C(C)S(C)(=O)=O. The molecule has 0 N–H and O–H groups in total. The van der Waals surface area contributed by atoms with Crippen LogP contribution in [0.15, 0.2) is 0 Å². The molecule has 0 bridgehead atoms. The summed E-state index contributed by atoms with van der Waals surface area (Å²) in [6.45, 7) is 1.46. The summed E-state index contributed by atoms with van der Waals surface area (Å²) < 4.78 is 37.1. The van der Waals surface area contributed by atoms with E-state index in [-0.39, 0.29) is 0 Å². The Labute approximate surface area is 78.9 Å². The van der Waals surface area contributed by atoms with Gasteiger partial charge in [-0.1, -0.05) is 0 Å². The van der Waals surface area contributed by atoms with Gasteiger partial charge in [-0.3, -0.25) is 0 Å². The zero-order chi connectivity index (χ0) is 10.7. The molecule has 0 aromatic rings. The van der Waals surface area contributed by atoms with Crippen LogP contribution >= 0.6 is 0 Å². The predicted octanol–water partition coefficient (Wildman–Crippen LogP) is 0.0125. The Hall–Kier alpha value is -0.170. The molecule has 80 valence electrons. The summed E-state index contributed by atoms with van der Waals surface area (Å²) >= 11 is 0. The number of rotatable bonds is 5. The van der Waals surface area contributed by atoms with Crippen LogP contribution in [0, 0.1) is 0 Å². The third-order valence-corrected chi connectivity index (χ3v) is 3.57. The van der Waals surface area contributed by atoms with Crippen molar-refractivity contribution in [3.63, 3.8) is 0 Å². The van der Waals surface area contributed by atoms with Gasteiger partial charge in [0.1, 0.15) is 5.25 Å². The van der Waals surface area contributed by atoms with Crippen LogP contribution in [0.1, 0.15) is 6.92 Å². The Morgan fingerprint density at radius 2 is 1.38 bits per heavy atom. The van der Waals surface area contributed by atoms with Gasteiger partial charge in [0, 0.05) is 27.6 Å². The first-order valence-corrected chi connectivity index (χ1v) is 5.63. The molecule has 0 fully saturated rings. The molecule has 0 spiro atoms. The topological polar surface area (TPSA) is 61.8 Å². The van der Waals surface area contributed by atoms with Gasteiger partial charge in [0.2, 0.25) is 0 Å². The Kier molecular flexibility index (Phi) is 4.31. The zero-order valence-electron chi connectivity index (χ0n) is 8.53. The average molecular weight is 212 g/mol. The molecule has 0 aliphatic rings. The smallest absolute Gasteiger partial charge is 0.299 e. The highest BCUT2D eigenvalue weighted by Crippen LogP contribution is 2.22. The van der Waals surface area contributed by atoms with Crippen LogP contribution in [0.2, 0.25) is 0 Å². The van der Waals surface area contributed by atoms with E-state index in [4.69, 9.17) is 14.2 Å². The van der Waals surface area contributed by atoms with Crippen LogP contribution in [-0.4, -0.2) is 47.2 Å². The minimum Gasteiger partial charge on any atom is -0.330 e. The van der Waals surface area contributed by atoms with Crippen LogP contribution in [0.5, 0.6) is 0 Å². The van der Waals surface area contributed by atoms with Crippen molar-refractivity contribution in [3.05, 3.63) is 0 Å². The van der Waals surface area contributed by atoms with Gasteiger partial charge in [0.25, 0.3) is 5.97 Å². The predicted molar refractivity (Wildman–Crippen MR) is 48.1 cm³/mol. The standard InChI is InChI=1S/C7H16O5S/c1-6(13(5,8)9)7(10-2,11-3)12-4/h6H,1-5H3. The maximum absolute atomic E-state index is 11.2. The minimum absolute atomic E-state index is 0.889. The van der Waals surface area contributed by atoms with Crippen molar-refractivity contribution in [3.8, 4) is 0 Å². The van der Waals surface area contributed by atoms with Gasteiger partial charge in [0.15, 0.2) is 9.84 Å². The lowest BCUT2D eigenvalue weighted by atomic mass is 10.4. The van der Waals surface area contributed by atoms with E-state index in [1.54, 1.807) is 0 Å². The maximum Gasteiger partial charge on any atom is 0.299 e. The summed E-state index contributed by atoms with van der Waals surface area (Å²) in [7, 11) is 0.712. The molecule has 0 saturated carbocycles. The van der Waals surface area contributed by atoms with Gasteiger partial charge in [-0.25, -0.2) is 8.42 Å². The third-order valence-electron chi connectivity index (χ3n) is 1.99. The van der Waals surface area contributed by atoms with E-state index in [1.807, 2.05) is 0 Å². The highest BCUT2D eigenvalue weighted by atomic mass is 32.2. The zero-order valence-corrected chi connectivity index (χ0v) is 9.34. The quantitative estimate of drug-likeness (QED) is 0.601. The van der Waals surface area contributed by atoms with Gasteiger partial charge in [-0.05, 0) is 6.92 Å². The molecule has 0 radical (unpaired) electrons. The average Bonchev–Trinajstić information content (AvgIpc) is 2.07. The van der Waals surface area contributed by atoms with Crippen LogP contribution in [0.25, 0.3) is 0 Å². The highest BCUT2D eigenvalue weighted by molar-refractivity contribution is 7.91. The lowest BCUT2D eigenvalue weighted by molar-refractivity contribution is -0.349. The van der Waals surface area contributed by atoms with E-state index in [9.17, 15) is 8.42 Å². The molecule has 0 heterocycles. The van der Waals surface area contributed by atoms with Gasteiger partial charge in [-0.2, -0.15) is 0 Å². The van der Waals surface area contributed by atoms with E-state index in [0.29, 0.717) is 0 Å². The lowest BCUT2D eigenvalue weighted by Gasteiger charge is -2.32. The molecular formula is C7H16O5S. The van der Waals surface area contributed by atoms with Crippen molar-refractivity contribution < 1.29 is 22.6 Å². The highest BCUT2D eigenvalue weighted by Gasteiger charge is 2.43. The Morgan fingerprint density at radius 1 is 1.08 bits per heavy atom. The van der Waals surface area contributed by atoms with Crippen LogP contribution in [0.3, 0.4) is 0 Å². The fourth-order valence-electron chi connectivity index (χ4n) is 1.01. The lowest BCUT2D eigenvalue weighted by Crippen LogP contribution is -2.49. The largest absolute Gasteiger partial charge is 0.330 e. The summed E-state index contributed by atoms with van der Waals surface area (Å²) in [5, 5.41) is -0.889. The third kappa shape index (κ3) is 2.63. The summed E-state index contributed by atoms with van der Waals surface area (Å²) in [6.07, 6.45) is 1.10. The van der Waals surface area contributed by atoms with E-state index < -0.39 is 21.1 Å².